The summed E-state index contributed by atoms with van der Waals surface area (Å²) in [6, 6.07) is 5.33. The molecule has 0 saturated carbocycles. The van der Waals surface area contributed by atoms with Crippen molar-refractivity contribution in [1.82, 2.24) is 0 Å². The van der Waals surface area contributed by atoms with E-state index >= 15 is 0 Å². The molecule has 0 unspecified atom stereocenters. The Morgan fingerprint density at radius 1 is 1.24 bits per heavy atom. The lowest BCUT2D eigenvalue weighted by Gasteiger charge is -2.12. The Balaban J connectivity index is 2.37. The van der Waals surface area contributed by atoms with Crippen molar-refractivity contribution < 1.29 is 28.8 Å². The van der Waals surface area contributed by atoms with Crippen LogP contribution in [0, 0.1) is 6.92 Å². The number of aryl methyl sites for hydroxylation is 1. The molecule has 0 aliphatic rings. The zero-order valence-electron chi connectivity index (χ0n) is 14.4. The van der Waals surface area contributed by atoms with Crippen LogP contribution in [0.4, 0.5) is 16.2 Å². The summed E-state index contributed by atoms with van der Waals surface area (Å²) in [4.78, 5) is 32.2. The molecular weight excluding hydrogens is 348 g/mol. The van der Waals surface area contributed by atoms with Crippen LogP contribution in [-0.2, 0) is 24.0 Å². The van der Waals surface area contributed by atoms with Gasteiger partial charge in [0.05, 0.1) is 0 Å². The third-order valence-electron chi connectivity index (χ3n) is 2.78. The van der Waals surface area contributed by atoms with E-state index in [0.717, 1.165) is 11.3 Å². The molecule has 1 rings (SSSR count). The van der Waals surface area contributed by atoms with E-state index in [9.17, 15) is 9.59 Å². The van der Waals surface area contributed by atoms with Gasteiger partial charge in [0.15, 0.2) is 6.73 Å². The third kappa shape index (κ3) is 8.43. The van der Waals surface area contributed by atoms with E-state index in [1.165, 1.54) is 18.7 Å². The number of nitrogens with one attached hydrogen (secondary N) is 2. The summed E-state index contributed by atoms with van der Waals surface area (Å²) in [5.74, 6) is -0.274. The van der Waals surface area contributed by atoms with E-state index in [4.69, 9.17) is 19.2 Å². The first-order valence-electron chi connectivity index (χ1n) is 7.28. The molecule has 0 saturated heterocycles. The van der Waals surface area contributed by atoms with Gasteiger partial charge in [0.25, 0.3) is 0 Å². The van der Waals surface area contributed by atoms with Gasteiger partial charge >= 0.3 is 12.1 Å². The summed E-state index contributed by atoms with van der Waals surface area (Å²) >= 11 is 1.40. The Bertz CT molecular complexity index is 608. The van der Waals surface area contributed by atoms with Crippen molar-refractivity contribution in [3.8, 4) is 0 Å². The fourth-order valence-electron chi connectivity index (χ4n) is 1.54. The van der Waals surface area contributed by atoms with E-state index in [1.807, 2.05) is 19.2 Å². The Kier molecular flexibility index (Phi) is 9.45. The molecule has 138 valence electrons. The van der Waals surface area contributed by atoms with Crippen LogP contribution in [0.2, 0.25) is 0 Å². The largest absolute Gasteiger partial charge is 0.438 e. The number of ether oxygens (including phenoxy) is 2. The molecule has 0 spiro atoms. The molecular formula is C16H22N2O6S. The molecule has 2 N–H and O–H groups in total. The number of anilines is 2. The summed E-state index contributed by atoms with van der Waals surface area (Å²) < 4.78 is 9.62. The molecule has 0 fully saturated rings. The van der Waals surface area contributed by atoms with Crippen LogP contribution in [0.25, 0.3) is 0 Å². The normalized spacial score (nSPS) is 10.0. The van der Waals surface area contributed by atoms with Crippen molar-refractivity contribution >= 4 is 35.2 Å². The van der Waals surface area contributed by atoms with Crippen LogP contribution in [0.5, 0.6) is 0 Å². The third-order valence-corrected chi connectivity index (χ3v) is 3.14. The second-order valence-electron chi connectivity index (χ2n) is 4.88. The smallest absolute Gasteiger partial charge is 0.412 e. The minimum absolute atomic E-state index is 0.0197. The van der Waals surface area contributed by atoms with Crippen molar-refractivity contribution in [2.75, 3.05) is 36.4 Å². The van der Waals surface area contributed by atoms with Crippen LogP contribution < -0.4 is 10.6 Å². The van der Waals surface area contributed by atoms with Crippen molar-refractivity contribution in [3.05, 3.63) is 35.9 Å². The van der Waals surface area contributed by atoms with E-state index in [0.29, 0.717) is 5.69 Å². The van der Waals surface area contributed by atoms with E-state index in [2.05, 4.69) is 17.2 Å². The second kappa shape index (κ2) is 11.3. The van der Waals surface area contributed by atoms with Gasteiger partial charge in [-0.3, -0.25) is 5.32 Å². The number of esters is 1. The van der Waals surface area contributed by atoms with Gasteiger partial charge in [0, 0.05) is 16.9 Å². The Morgan fingerprint density at radius 2 is 2.00 bits per heavy atom. The number of thioether (sulfide) groups is 1. The number of rotatable bonds is 10. The van der Waals surface area contributed by atoms with Crippen molar-refractivity contribution in [1.29, 1.82) is 0 Å². The van der Waals surface area contributed by atoms with Gasteiger partial charge < -0.3 is 14.8 Å². The average molecular weight is 370 g/mol. The first kappa shape index (κ1) is 20.8. The quantitative estimate of drug-likeness (QED) is 0.162. The molecule has 0 aliphatic carbocycles. The van der Waals surface area contributed by atoms with Crippen LogP contribution in [0.1, 0.15) is 12.5 Å². The maximum Gasteiger partial charge on any atom is 0.412 e. The topological polar surface area (TPSA) is 95.1 Å². The Hall–Kier alpha value is -2.23. The summed E-state index contributed by atoms with van der Waals surface area (Å²) in [5.41, 5.74) is 2.54. The second-order valence-corrected chi connectivity index (χ2v) is 5.69. The number of amides is 1. The van der Waals surface area contributed by atoms with Crippen LogP contribution >= 0.6 is 11.8 Å². The highest BCUT2D eigenvalue weighted by Crippen LogP contribution is 2.20. The predicted octanol–water partition coefficient (Wildman–Crippen LogP) is 3.26. The lowest BCUT2D eigenvalue weighted by Crippen LogP contribution is -2.14. The van der Waals surface area contributed by atoms with Gasteiger partial charge in [0.1, 0.15) is 5.94 Å². The van der Waals surface area contributed by atoms with E-state index in [1.54, 1.807) is 12.1 Å². The predicted molar refractivity (Wildman–Crippen MR) is 96.1 cm³/mol. The van der Waals surface area contributed by atoms with Gasteiger partial charge in [-0.25, -0.2) is 14.5 Å². The minimum atomic E-state index is -0.556. The number of carbonyl (C=O) groups is 2. The van der Waals surface area contributed by atoms with Gasteiger partial charge in [-0.1, -0.05) is 12.6 Å². The molecule has 0 bridgehead atoms. The van der Waals surface area contributed by atoms with Crippen LogP contribution in [-0.4, -0.2) is 37.8 Å². The molecule has 1 aromatic rings. The fraction of sp³-hybridized carbons (Fsp3) is 0.375. The van der Waals surface area contributed by atoms with E-state index in [-0.39, 0.29) is 25.0 Å². The number of hydrogen-bond acceptors (Lipinski definition) is 8. The summed E-state index contributed by atoms with van der Waals surface area (Å²) in [6.45, 7) is 6.55. The highest BCUT2D eigenvalue weighted by atomic mass is 32.2. The monoisotopic (exact) mass is 370 g/mol. The molecule has 0 radical (unpaired) electrons. The molecule has 0 heterocycles. The molecule has 8 nitrogen and oxygen atoms in total. The van der Waals surface area contributed by atoms with Crippen LogP contribution in [0.3, 0.4) is 0 Å². The van der Waals surface area contributed by atoms with Gasteiger partial charge in [0.2, 0.25) is 6.79 Å². The van der Waals surface area contributed by atoms with E-state index < -0.39 is 12.1 Å². The van der Waals surface area contributed by atoms with Crippen LogP contribution in [0.15, 0.2) is 30.4 Å². The molecule has 0 aliphatic heterocycles. The first-order valence-corrected chi connectivity index (χ1v) is 8.67. The summed E-state index contributed by atoms with van der Waals surface area (Å²) in [5, 5.41) is 5.60. The zero-order valence-corrected chi connectivity index (χ0v) is 15.2. The lowest BCUT2D eigenvalue weighted by molar-refractivity contribution is -0.325. The van der Waals surface area contributed by atoms with Crippen molar-refractivity contribution in [2.24, 2.45) is 0 Å². The lowest BCUT2D eigenvalue weighted by atomic mass is 10.2. The summed E-state index contributed by atoms with van der Waals surface area (Å²) in [6.07, 6.45) is 1.31. The molecule has 25 heavy (non-hydrogen) atoms. The van der Waals surface area contributed by atoms with Crippen molar-refractivity contribution in [3.63, 3.8) is 0 Å². The summed E-state index contributed by atoms with van der Waals surface area (Å²) in [7, 11) is 0. The standard InChI is InChI=1S/C16H22N2O6S/c1-11(2)15(19)21-9-24-23-8-17-14-7-13(6-5-12(14)3)18-16(20)22-10-25-4/h5-7,17H,1,8-10H2,2-4H3,(H,18,20). The average Bonchev–Trinajstić information content (AvgIpc) is 2.58. The maximum atomic E-state index is 11.5. The number of carbonyl (C=O) groups excluding carboxylic acids is 2. The first-order chi connectivity index (χ1) is 11.9. The molecule has 9 heteroatoms. The van der Waals surface area contributed by atoms with Crippen molar-refractivity contribution in [2.45, 2.75) is 13.8 Å². The molecule has 1 amide bonds. The molecule has 0 aromatic heterocycles. The maximum absolute atomic E-state index is 11.5. The highest BCUT2D eigenvalue weighted by molar-refractivity contribution is 7.98. The Labute approximate surface area is 150 Å². The highest BCUT2D eigenvalue weighted by Gasteiger charge is 2.06. The number of hydrogen-bond donors (Lipinski definition) is 2. The molecule has 0 atom stereocenters. The minimum Gasteiger partial charge on any atom is -0.438 e. The SMILES string of the molecule is C=C(C)C(=O)OCOOCNc1cc(NC(=O)OCSC)ccc1C. The zero-order chi connectivity index (χ0) is 18.7. The Morgan fingerprint density at radius 3 is 2.68 bits per heavy atom. The number of benzene rings is 1. The molecule has 1 aromatic carbocycles. The van der Waals surface area contributed by atoms with Gasteiger partial charge in [-0.05, 0) is 37.8 Å². The van der Waals surface area contributed by atoms with Gasteiger partial charge in [-0.15, -0.1) is 11.8 Å². The van der Waals surface area contributed by atoms with Gasteiger partial charge in [-0.2, -0.15) is 4.89 Å². The fourth-order valence-corrected chi connectivity index (χ4v) is 1.77.